The van der Waals surface area contributed by atoms with Gasteiger partial charge in [-0.3, -0.25) is 24.0 Å². The fourth-order valence-corrected chi connectivity index (χ4v) is 6.82. The Morgan fingerprint density at radius 1 is 1.00 bits per heavy atom. The third kappa shape index (κ3) is 6.65. The van der Waals surface area contributed by atoms with Crippen LogP contribution < -0.4 is 16.4 Å². The van der Waals surface area contributed by atoms with Crippen LogP contribution in [0.2, 0.25) is 0 Å². The summed E-state index contributed by atoms with van der Waals surface area (Å²) in [6, 6.07) is -2.99. The van der Waals surface area contributed by atoms with Crippen LogP contribution in [-0.4, -0.2) is 64.9 Å². The SMILES string of the molecule is CC(C)(C)CC(=O)NC(C(=O)N1CC2[C@@H]([C@H]1C(=O)NC(CC1CC1)C(=O)C(N)=O)C2(C)C)C1CCC(F)(F)CC1. The van der Waals surface area contributed by atoms with E-state index < -0.39 is 53.5 Å². The predicted molar refractivity (Wildman–Crippen MR) is 143 cm³/mol. The van der Waals surface area contributed by atoms with Crippen molar-refractivity contribution in [2.24, 2.45) is 40.2 Å². The van der Waals surface area contributed by atoms with Gasteiger partial charge in [0.25, 0.3) is 5.91 Å². The van der Waals surface area contributed by atoms with E-state index in [9.17, 15) is 32.8 Å². The third-order valence-corrected chi connectivity index (χ3v) is 9.41. The Balaban J connectivity index is 1.57. The highest BCUT2D eigenvalue weighted by Gasteiger charge is 2.70. The van der Waals surface area contributed by atoms with Gasteiger partial charge in [-0.2, -0.15) is 0 Å². The van der Waals surface area contributed by atoms with Crippen LogP contribution in [0, 0.1) is 34.5 Å². The van der Waals surface area contributed by atoms with E-state index in [1.54, 1.807) is 0 Å². The van der Waals surface area contributed by atoms with Crippen molar-refractivity contribution in [3.8, 4) is 0 Å². The molecule has 4 fully saturated rings. The maximum atomic E-state index is 14.1. The van der Waals surface area contributed by atoms with Crippen LogP contribution in [0.4, 0.5) is 8.78 Å². The second kappa shape index (κ2) is 10.7. The number of carbonyl (C=O) groups is 5. The van der Waals surface area contributed by atoms with Gasteiger partial charge in [0.15, 0.2) is 0 Å². The number of rotatable bonds is 10. The van der Waals surface area contributed by atoms with E-state index in [4.69, 9.17) is 5.73 Å². The minimum atomic E-state index is -2.80. The van der Waals surface area contributed by atoms with Gasteiger partial charge >= 0.3 is 0 Å². The molecule has 4 aliphatic rings. The Kier molecular flexibility index (Phi) is 8.10. The molecule has 1 heterocycles. The lowest BCUT2D eigenvalue weighted by Gasteiger charge is -2.38. The highest BCUT2D eigenvalue weighted by molar-refractivity contribution is 6.37. The standard InChI is InChI=1S/C29H44F2N4O5/c1-27(2,3)13-19(36)34-21(16-8-10-29(30,31)11-9-16)26(40)35-14-17-20(28(17,4)5)22(35)25(39)33-18(12-15-6-7-15)23(37)24(32)38/h15-18,20-22H,6-14H2,1-5H3,(H2,32,38)(H,33,39)(H,34,36)/t17?,18?,20-,21?,22-/m0/s1. The van der Waals surface area contributed by atoms with Crippen molar-refractivity contribution in [2.45, 2.75) is 110 Å². The number of piperidine rings is 1. The van der Waals surface area contributed by atoms with Crippen LogP contribution in [0.1, 0.15) is 86.0 Å². The van der Waals surface area contributed by atoms with Crippen LogP contribution in [0.5, 0.6) is 0 Å². The summed E-state index contributed by atoms with van der Waals surface area (Å²) in [5.41, 5.74) is 4.69. The fraction of sp³-hybridized carbons (Fsp3) is 0.828. The summed E-state index contributed by atoms with van der Waals surface area (Å²) < 4.78 is 28.0. The highest BCUT2D eigenvalue weighted by atomic mass is 19.3. The highest BCUT2D eigenvalue weighted by Crippen LogP contribution is 2.65. The number of primary amides is 1. The molecule has 11 heteroatoms. The Morgan fingerprint density at radius 3 is 2.12 bits per heavy atom. The number of likely N-dealkylation sites (tertiary alicyclic amines) is 1. The maximum Gasteiger partial charge on any atom is 0.287 e. The molecule has 1 saturated heterocycles. The lowest BCUT2D eigenvalue weighted by molar-refractivity contribution is -0.146. The molecule has 40 heavy (non-hydrogen) atoms. The van der Waals surface area contributed by atoms with E-state index in [-0.39, 0.29) is 66.6 Å². The number of amides is 4. The molecule has 9 nitrogen and oxygen atoms in total. The van der Waals surface area contributed by atoms with E-state index in [1.807, 2.05) is 34.6 Å². The van der Waals surface area contributed by atoms with Crippen molar-refractivity contribution in [3.63, 3.8) is 0 Å². The molecule has 4 N–H and O–H groups in total. The van der Waals surface area contributed by atoms with Crippen molar-refractivity contribution in [1.82, 2.24) is 15.5 Å². The molecular weight excluding hydrogens is 522 g/mol. The first-order chi connectivity index (χ1) is 18.4. The van der Waals surface area contributed by atoms with E-state index in [1.165, 1.54) is 4.90 Å². The first-order valence-corrected chi connectivity index (χ1v) is 14.5. The molecule has 224 valence electrons. The second-order valence-electron chi connectivity index (χ2n) is 14.3. The largest absolute Gasteiger partial charge is 0.363 e. The fourth-order valence-electron chi connectivity index (χ4n) is 6.82. The van der Waals surface area contributed by atoms with E-state index >= 15 is 0 Å². The molecule has 3 unspecified atom stereocenters. The summed E-state index contributed by atoms with van der Waals surface area (Å²) in [5, 5.41) is 5.57. The number of nitrogens with zero attached hydrogens (tertiary/aromatic N) is 1. The first-order valence-electron chi connectivity index (χ1n) is 14.5. The number of nitrogens with two attached hydrogens (primary N) is 1. The number of halogens is 2. The van der Waals surface area contributed by atoms with Gasteiger partial charge in [0.05, 0.1) is 6.04 Å². The number of fused-ring (bicyclic) bond motifs is 1. The topological polar surface area (TPSA) is 139 Å². The third-order valence-electron chi connectivity index (χ3n) is 9.41. The van der Waals surface area contributed by atoms with Crippen molar-refractivity contribution in [3.05, 3.63) is 0 Å². The summed E-state index contributed by atoms with van der Waals surface area (Å²) in [7, 11) is 0. The number of ketones is 1. The molecule has 1 aliphatic heterocycles. The van der Waals surface area contributed by atoms with Crippen LogP contribution >= 0.6 is 0 Å². The van der Waals surface area contributed by atoms with Crippen molar-refractivity contribution in [1.29, 1.82) is 0 Å². The van der Waals surface area contributed by atoms with Gasteiger partial charge in [-0.15, -0.1) is 0 Å². The zero-order valence-corrected chi connectivity index (χ0v) is 24.2. The molecule has 4 amide bonds. The summed E-state index contributed by atoms with van der Waals surface area (Å²) in [4.78, 5) is 66.4. The number of hydrogen-bond donors (Lipinski definition) is 3. The number of Topliss-reactive ketones (excluding diaryl/α,β-unsaturated/α-hetero) is 1. The normalized spacial score (nSPS) is 28.7. The average molecular weight is 567 g/mol. The summed E-state index contributed by atoms with van der Waals surface area (Å²) in [6.45, 7) is 10.0. The van der Waals surface area contributed by atoms with Crippen molar-refractivity contribution in [2.75, 3.05) is 6.54 Å². The van der Waals surface area contributed by atoms with E-state index in [0.29, 0.717) is 13.0 Å². The Hall–Kier alpha value is -2.59. The quantitative estimate of drug-likeness (QED) is 0.349. The molecule has 3 aliphatic carbocycles. The van der Waals surface area contributed by atoms with Crippen LogP contribution in [0.3, 0.4) is 0 Å². The van der Waals surface area contributed by atoms with Crippen LogP contribution in [-0.2, 0) is 24.0 Å². The number of nitrogens with one attached hydrogen (secondary N) is 2. The van der Waals surface area contributed by atoms with Crippen molar-refractivity contribution < 1.29 is 32.8 Å². The van der Waals surface area contributed by atoms with Gasteiger partial charge in [-0.25, -0.2) is 8.78 Å². The minimum Gasteiger partial charge on any atom is -0.363 e. The number of carbonyl (C=O) groups excluding carboxylic acids is 5. The molecule has 0 aromatic rings. The van der Waals surface area contributed by atoms with Gasteiger partial charge in [0.1, 0.15) is 12.1 Å². The van der Waals surface area contributed by atoms with Gasteiger partial charge in [-0.1, -0.05) is 47.5 Å². The number of hydrogen-bond acceptors (Lipinski definition) is 5. The number of alkyl halides is 2. The lowest BCUT2D eigenvalue weighted by Crippen LogP contribution is -2.60. The van der Waals surface area contributed by atoms with Gasteiger partial charge in [0, 0.05) is 25.8 Å². The van der Waals surface area contributed by atoms with Gasteiger partial charge < -0.3 is 21.3 Å². The van der Waals surface area contributed by atoms with Crippen LogP contribution in [0.25, 0.3) is 0 Å². The molecule has 0 bridgehead atoms. The van der Waals surface area contributed by atoms with Crippen LogP contribution in [0.15, 0.2) is 0 Å². The zero-order valence-electron chi connectivity index (χ0n) is 24.2. The maximum absolute atomic E-state index is 14.1. The lowest BCUT2D eigenvalue weighted by atomic mass is 9.81. The molecule has 4 rings (SSSR count). The molecule has 0 radical (unpaired) electrons. The average Bonchev–Trinajstić information content (AvgIpc) is 3.67. The van der Waals surface area contributed by atoms with Gasteiger partial charge in [0.2, 0.25) is 29.4 Å². The molecule has 0 spiro atoms. The summed E-state index contributed by atoms with van der Waals surface area (Å²) >= 11 is 0. The minimum absolute atomic E-state index is 0.0440. The molecule has 0 aromatic heterocycles. The Bertz CT molecular complexity index is 1060. The zero-order chi connectivity index (χ0) is 29.8. The molecule has 5 atom stereocenters. The predicted octanol–water partition coefficient (Wildman–Crippen LogP) is 2.56. The van der Waals surface area contributed by atoms with E-state index in [2.05, 4.69) is 10.6 Å². The molecule has 3 saturated carbocycles. The monoisotopic (exact) mass is 566 g/mol. The molecular formula is C29H44F2N4O5. The smallest absolute Gasteiger partial charge is 0.287 e. The van der Waals surface area contributed by atoms with E-state index in [0.717, 1.165) is 12.8 Å². The van der Waals surface area contributed by atoms with Gasteiger partial charge in [-0.05, 0) is 53.8 Å². The second-order valence-corrected chi connectivity index (χ2v) is 14.3. The summed E-state index contributed by atoms with van der Waals surface area (Å²) in [6.07, 6.45) is 1.71. The summed E-state index contributed by atoms with van der Waals surface area (Å²) in [5.74, 6) is -6.48. The van der Waals surface area contributed by atoms with Crippen molar-refractivity contribution >= 4 is 29.4 Å². The Labute approximate surface area is 234 Å². The molecule has 0 aromatic carbocycles. The first kappa shape index (κ1) is 30.4. The Morgan fingerprint density at radius 2 is 1.60 bits per heavy atom.